The molecular formula is C14H26N2O3. The molecule has 1 aliphatic carbocycles. The van der Waals surface area contributed by atoms with Gasteiger partial charge < -0.3 is 15.8 Å². The fraction of sp³-hybridized carbons (Fsp3) is 0.857. The Labute approximate surface area is 115 Å². The van der Waals surface area contributed by atoms with Crippen LogP contribution in [0, 0.1) is 5.41 Å². The van der Waals surface area contributed by atoms with Gasteiger partial charge in [0.15, 0.2) is 0 Å². The van der Waals surface area contributed by atoms with Gasteiger partial charge in [-0.25, -0.2) is 0 Å². The van der Waals surface area contributed by atoms with E-state index in [1.54, 1.807) is 7.05 Å². The van der Waals surface area contributed by atoms with E-state index >= 15 is 0 Å². The molecule has 1 saturated carbocycles. The quantitative estimate of drug-likeness (QED) is 0.714. The number of nitrogens with two attached hydrogens (primary N) is 1. The number of hydrogen-bond donors (Lipinski definition) is 2. The lowest BCUT2D eigenvalue weighted by Crippen LogP contribution is -2.39. The molecule has 110 valence electrons. The maximum Gasteiger partial charge on any atom is 0.306 e. The summed E-state index contributed by atoms with van der Waals surface area (Å²) in [6.07, 6.45) is 4.71. The van der Waals surface area contributed by atoms with E-state index in [0.717, 1.165) is 25.7 Å². The van der Waals surface area contributed by atoms with Crippen molar-refractivity contribution in [2.45, 2.75) is 64.5 Å². The molecule has 1 amide bonds. The summed E-state index contributed by atoms with van der Waals surface area (Å²) in [5, 5.41) is 2.79. The summed E-state index contributed by atoms with van der Waals surface area (Å²) in [6.45, 7) is 4.49. The summed E-state index contributed by atoms with van der Waals surface area (Å²) in [5.74, 6) is -0.666. The fourth-order valence-corrected chi connectivity index (χ4v) is 2.43. The Morgan fingerprint density at radius 1 is 1.37 bits per heavy atom. The van der Waals surface area contributed by atoms with Crippen molar-refractivity contribution in [3.8, 4) is 0 Å². The van der Waals surface area contributed by atoms with Gasteiger partial charge in [0.2, 0.25) is 5.91 Å². The van der Waals surface area contributed by atoms with E-state index in [0.29, 0.717) is 11.8 Å². The van der Waals surface area contributed by atoms with E-state index in [1.807, 2.05) is 0 Å². The molecule has 5 heteroatoms. The predicted molar refractivity (Wildman–Crippen MR) is 73.4 cm³/mol. The van der Waals surface area contributed by atoms with Gasteiger partial charge in [-0.2, -0.15) is 0 Å². The minimum atomic E-state index is -0.460. The van der Waals surface area contributed by atoms with Crippen molar-refractivity contribution in [1.29, 1.82) is 0 Å². The molecule has 0 bridgehead atoms. The van der Waals surface area contributed by atoms with Gasteiger partial charge in [0.25, 0.3) is 0 Å². The molecule has 0 aromatic rings. The van der Waals surface area contributed by atoms with Crippen molar-refractivity contribution in [3.05, 3.63) is 0 Å². The number of amides is 1. The Hall–Kier alpha value is -1.10. The molecule has 19 heavy (non-hydrogen) atoms. The Bertz CT molecular complexity index is 319. The van der Waals surface area contributed by atoms with E-state index in [-0.39, 0.29) is 18.5 Å². The third-order valence-corrected chi connectivity index (χ3v) is 3.91. The third-order valence-electron chi connectivity index (χ3n) is 3.91. The molecule has 1 aliphatic rings. The van der Waals surface area contributed by atoms with E-state index in [1.165, 1.54) is 0 Å². The number of nitrogens with one attached hydrogen (secondary N) is 1. The lowest BCUT2D eigenvalue weighted by molar-refractivity contribution is -0.151. The summed E-state index contributed by atoms with van der Waals surface area (Å²) < 4.78 is 5.44. The monoisotopic (exact) mass is 270 g/mol. The smallest absolute Gasteiger partial charge is 0.306 e. The molecule has 0 spiro atoms. The van der Waals surface area contributed by atoms with Crippen LogP contribution in [-0.4, -0.2) is 31.1 Å². The van der Waals surface area contributed by atoms with Gasteiger partial charge in [-0.1, -0.05) is 13.8 Å². The Morgan fingerprint density at radius 3 is 2.42 bits per heavy atom. The van der Waals surface area contributed by atoms with Crippen LogP contribution in [0.3, 0.4) is 0 Å². The second-order valence-corrected chi connectivity index (χ2v) is 6.14. The van der Waals surface area contributed by atoms with E-state index < -0.39 is 11.9 Å². The highest BCUT2D eigenvalue weighted by atomic mass is 16.5. The summed E-state index contributed by atoms with van der Waals surface area (Å²) in [5.41, 5.74) is 5.56. The Balaban J connectivity index is 2.27. The zero-order valence-electron chi connectivity index (χ0n) is 12.2. The van der Waals surface area contributed by atoms with E-state index in [9.17, 15) is 9.59 Å². The number of esters is 1. The van der Waals surface area contributed by atoms with Crippen molar-refractivity contribution >= 4 is 11.9 Å². The molecule has 1 rings (SSSR count). The number of carbonyl (C=O) groups is 2. The summed E-state index contributed by atoms with van der Waals surface area (Å²) >= 11 is 0. The second-order valence-electron chi connectivity index (χ2n) is 6.14. The van der Waals surface area contributed by atoms with Crippen LogP contribution in [0.25, 0.3) is 0 Å². The van der Waals surface area contributed by atoms with Crippen molar-refractivity contribution < 1.29 is 14.3 Å². The summed E-state index contributed by atoms with van der Waals surface area (Å²) in [7, 11) is 1.66. The summed E-state index contributed by atoms with van der Waals surface area (Å²) in [6, 6.07) is -0.460. The van der Waals surface area contributed by atoms with Crippen LogP contribution in [0.4, 0.5) is 0 Å². The number of likely N-dealkylation sites (N-methyl/N-ethyl adjacent to an activating group) is 1. The van der Waals surface area contributed by atoms with Crippen LogP contribution < -0.4 is 11.1 Å². The van der Waals surface area contributed by atoms with E-state index in [2.05, 4.69) is 19.2 Å². The molecular weight excluding hydrogens is 244 g/mol. The topological polar surface area (TPSA) is 81.4 Å². The maximum absolute atomic E-state index is 11.7. The molecule has 3 N–H and O–H groups in total. The molecule has 5 nitrogen and oxygen atoms in total. The highest BCUT2D eigenvalue weighted by Gasteiger charge is 2.28. The number of carbonyl (C=O) groups excluding carboxylic acids is 2. The molecule has 0 radical (unpaired) electrons. The molecule has 1 fully saturated rings. The molecule has 0 aromatic heterocycles. The number of ether oxygens (including phenoxy) is 1. The SMILES string of the molecule is CN[C@@H](CCC(=O)OC1CCC(C)(C)CC1)C(N)=O. The molecule has 0 aliphatic heterocycles. The normalized spacial score (nSPS) is 20.8. The average Bonchev–Trinajstić information content (AvgIpc) is 2.32. The van der Waals surface area contributed by atoms with Crippen LogP contribution >= 0.6 is 0 Å². The lowest BCUT2D eigenvalue weighted by atomic mass is 9.76. The minimum Gasteiger partial charge on any atom is -0.462 e. The second kappa shape index (κ2) is 6.89. The molecule has 0 aromatic carbocycles. The average molecular weight is 270 g/mol. The molecule has 0 saturated heterocycles. The van der Waals surface area contributed by atoms with Gasteiger partial charge >= 0.3 is 5.97 Å². The first kappa shape index (κ1) is 16.0. The fourth-order valence-electron chi connectivity index (χ4n) is 2.43. The van der Waals surface area contributed by atoms with Gasteiger partial charge in [-0.3, -0.25) is 9.59 Å². The van der Waals surface area contributed by atoms with Crippen LogP contribution in [0.15, 0.2) is 0 Å². The number of hydrogen-bond acceptors (Lipinski definition) is 4. The first-order chi connectivity index (χ1) is 8.84. The zero-order chi connectivity index (χ0) is 14.5. The first-order valence-electron chi connectivity index (χ1n) is 7.00. The van der Waals surface area contributed by atoms with Gasteiger partial charge in [0, 0.05) is 6.42 Å². The molecule has 0 heterocycles. The largest absolute Gasteiger partial charge is 0.462 e. The predicted octanol–water partition coefficient (Wildman–Crippen LogP) is 1.35. The highest BCUT2D eigenvalue weighted by molar-refractivity contribution is 5.80. The van der Waals surface area contributed by atoms with Crippen molar-refractivity contribution in [2.24, 2.45) is 11.1 Å². The summed E-state index contributed by atoms with van der Waals surface area (Å²) in [4.78, 5) is 22.7. The number of rotatable bonds is 6. The lowest BCUT2D eigenvalue weighted by Gasteiger charge is -2.33. The first-order valence-corrected chi connectivity index (χ1v) is 7.00. The van der Waals surface area contributed by atoms with Crippen molar-refractivity contribution in [3.63, 3.8) is 0 Å². The van der Waals surface area contributed by atoms with Gasteiger partial charge in [0.1, 0.15) is 6.10 Å². The van der Waals surface area contributed by atoms with Gasteiger partial charge in [-0.15, -0.1) is 0 Å². The van der Waals surface area contributed by atoms with Gasteiger partial charge in [0.05, 0.1) is 6.04 Å². The molecule has 1 atom stereocenters. The van der Waals surface area contributed by atoms with Crippen LogP contribution in [0.2, 0.25) is 0 Å². The zero-order valence-corrected chi connectivity index (χ0v) is 12.2. The van der Waals surface area contributed by atoms with Crippen LogP contribution in [0.5, 0.6) is 0 Å². The highest BCUT2D eigenvalue weighted by Crippen LogP contribution is 2.36. The van der Waals surface area contributed by atoms with Crippen LogP contribution in [0.1, 0.15) is 52.4 Å². The standard InChI is InChI=1S/C14H26N2O3/c1-14(2)8-6-10(7-9-14)19-12(17)5-4-11(16-3)13(15)18/h10-11,16H,4-9H2,1-3H3,(H2,15,18)/t11-/m0/s1. The van der Waals surface area contributed by atoms with Gasteiger partial charge in [-0.05, 0) is 44.6 Å². The van der Waals surface area contributed by atoms with Crippen molar-refractivity contribution in [1.82, 2.24) is 5.32 Å². The maximum atomic E-state index is 11.7. The molecule has 0 unspecified atom stereocenters. The third kappa shape index (κ3) is 5.59. The van der Waals surface area contributed by atoms with Crippen LogP contribution in [-0.2, 0) is 14.3 Å². The Kier molecular flexibility index (Phi) is 5.79. The minimum absolute atomic E-state index is 0.0436. The van der Waals surface area contributed by atoms with E-state index in [4.69, 9.17) is 10.5 Å². The van der Waals surface area contributed by atoms with Crippen molar-refractivity contribution in [2.75, 3.05) is 7.05 Å². The Morgan fingerprint density at radius 2 is 1.95 bits per heavy atom. The number of primary amides is 1.